The van der Waals surface area contributed by atoms with E-state index >= 15 is 0 Å². The van der Waals surface area contributed by atoms with Crippen LogP contribution < -0.4 is 19.7 Å². The van der Waals surface area contributed by atoms with Crippen LogP contribution in [0.4, 0.5) is 10.7 Å². The molecule has 0 atom stereocenters. The lowest BCUT2D eigenvalue weighted by atomic mass is 9.85. The molecule has 1 saturated heterocycles. The molecule has 0 aliphatic carbocycles. The van der Waals surface area contributed by atoms with Gasteiger partial charge in [0.2, 0.25) is 5.95 Å². The van der Waals surface area contributed by atoms with E-state index in [1.807, 2.05) is 19.1 Å². The van der Waals surface area contributed by atoms with E-state index in [0.29, 0.717) is 12.4 Å². The Balaban J connectivity index is 1.69. The number of imide groups is 1. The predicted molar refractivity (Wildman–Crippen MR) is 99.7 cm³/mol. The Bertz CT molecular complexity index is 1000. The van der Waals surface area contributed by atoms with Gasteiger partial charge in [0.1, 0.15) is 23.4 Å². The summed E-state index contributed by atoms with van der Waals surface area (Å²) in [5.41, 5.74) is 0.696. The first-order chi connectivity index (χ1) is 13.1. The molecule has 0 radical (unpaired) electrons. The van der Waals surface area contributed by atoms with Crippen LogP contribution in [0, 0.1) is 6.92 Å². The lowest BCUT2D eigenvalue weighted by Gasteiger charge is -2.19. The van der Waals surface area contributed by atoms with E-state index in [0.717, 1.165) is 21.8 Å². The molecule has 1 N–H and O–H groups in total. The van der Waals surface area contributed by atoms with Crippen molar-refractivity contribution in [2.45, 2.75) is 45.6 Å². The van der Waals surface area contributed by atoms with Crippen LogP contribution in [-0.2, 0) is 10.2 Å². The number of nitrogens with one attached hydrogen (secondary N) is 1. The summed E-state index contributed by atoms with van der Waals surface area (Å²) in [5, 5.41) is 2.59. The third kappa shape index (κ3) is 2.74. The van der Waals surface area contributed by atoms with Gasteiger partial charge in [-0.1, -0.05) is 19.9 Å². The van der Waals surface area contributed by atoms with Crippen molar-refractivity contribution >= 4 is 17.9 Å². The van der Waals surface area contributed by atoms with Gasteiger partial charge in [-0.05, 0) is 32.4 Å². The van der Waals surface area contributed by atoms with Crippen LogP contribution in [0.2, 0.25) is 0 Å². The third-order valence-electron chi connectivity index (χ3n) is 4.87. The molecule has 0 unspecified atom stereocenters. The third-order valence-corrected chi connectivity index (χ3v) is 4.87. The van der Waals surface area contributed by atoms with Crippen molar-refractivity contribution in [3.05, 3.63) is 29.6 Å². The fourth-order valence-electron chi connectivity index (χ4n) is 3.36. The van der Waals surface area contributed by atoms with Crippen LogP contribution in [-0.4, -0.2) is 39.0 Å². The molecule has 146 valence electrons. The summed E-state index contributed by atoms with van der Waals surface area (Å²) in [5.74, 6) is 0.836. The fourth-order valence-corrected chi connectivity index (χ4v) is 3.36. The Morgan fingerprint density at radius 2 is 1.93 bits per heavy atom. The second-order valence-corrected chi connectivity index (χ2v) is 8.12. The first-order valence-electron chi connectivity index (χ1n) is 8.91. The minimum absolute atomic E-state index is 0.0101. The average Bonchev–Trinajstić information content (AvgIpc) is 3.04. The van der Waals surface area contributed by atoms with Crippen LogP contribution in [0.25, 0.3) is 0 Å². The Kier molecular flexibility index (Phi) is 3.81. The maximum Gasteiger partial charge on any atom is 0.332 e. The first-order valence-corrected chi connectivity index (χ1v) is 8.91. The molecule has 1 aromatic heterocycles. The lowest BCUT2D eigenvalue weighted by Crippen LogP contribution is -2.40. The van der Waals surface area contributed by atoms with Gasteiger partial charge in [0.15, 0.2) is 0 Å². The normalized spacial score (nSPS) is 19.2. The van der Waals surface area contributed by atoms with E-state index in [1.165, 1.54) is 6.33 Å². The molecule has 1 fully saturated rings. The van der Waals surface area contributed by atoms with Crippen molar-refractivity contribution in [1.82, 2.24) is 20.3 Å². The lowest BCUT2D eigenvalue weighted by molar-refractivity contribution is -0.121. The summed E-state index contributed by atoms with van der Waals surface area (Å²) in [7, 11) is 0. The number of carbonyl (C=O) groups is 2. The molecular formula is C19H21N5O4. The summed E-state index contributed by atoms with van der Waals surface area (Å²) >= 11 is 0. The zero-order valence-corrected chi connectivity index (χ0v) is 16.4. The maximum absolute atomic E-state index is 12.5. The second-order valence-electron chi connectivity index (χ2n) is 8.12. The van der Waals surface area contributed by atoms with E-state index in [9.17, 15) is 9.59 Å². The molecule has 0 spiro atoms. The van der Waals surface area contributed by atoms with Crippen molar-refractivity contribution in [3.63, 3.8) is 0 Å². The Hall–Kier alpha value is -3.23. The van der Waals surface area contributed by atoms with Crippen LogP contribution >= 0.6 is 0 Å². The Labute approximate surface area is 162 Å². The van der Waals surface area contributed by atoms with Gasteiger partial charge >= 0.3 is 12.0 Å². The highest BCUT2D eigenvalue weighted by Gasteiger charge is 2.46. The summed E-state index contributed by atoms with van der Waals surface area (Å²) in [6, 6.07) is 3.14. The smallest absolute Gasteiger partial charge is 0.332 e. The maximum atomic E-state index is 12.5. The molecule has 0 saturated carbocycles. The minimum atomic E-state index is -1.02. The van der Waals surface area contributed by atoms with E-state index in [4.69, 9.17) is 9.47 Å². The number of anilines is 1. The first kappa shape index (κ1) is 18.1. The predicted octanol–water partition coefficient (Wildman–Crippen LogP) is 2.48. The topological polar surface area (TPSA) is 107 Å². The van der Waals surface area contributed by atoms with Crippen molar-refractivity contribution in [3.8, 4) is 17.5 Å². The highest BCUT2D eigenvalue weighted by Crippen LogP contribution is 2.46. The molecule has 2 aromatic rings. The van der Waals surface area contributed by atoms with Gasteiger partial charge in [-0.3, -0.25) is 4.79 Å². The number of ether oxygens (including phenoxy) is 2. The van der Waals surface area contributed by atoms with Crippen molar-refractivity contribution in [1.29, 1.82) is 0 Å². The number of benzene rings is 1. The number of hydrogen-bond acceptors (Lipinski definition) is 7. The van der Waals surface area contributed by atoms with Gasteiger partial charge in [0, 0.05) is 11.0 Å². The van der Waals surface area contributed by atoms with Crippen LogP contribution in [0.15, 0.2) is 18.5 Å². The average molecular weight is 383 g/mol. The Morgan fingerprint density at radius 1 is 1.18 bits per heavy atom. The van der Waals surface area contributed by atoms with Gasteiger partial charge in [-0.15, -0.1) is 0 Å². The number of rotatable bonds is 3. The molecule has 2 aliphatic heterocycles. The molecule has 9 nitrogen and oxygen atoms in total. The highest BCUT2D eigenvalue weighted by molar-refractivity contribution is 6.22. The number of hydrogen-bond donors (Lipinski definition) is 1. The molecule has 1 aromatic carbocycles. The van der Waals surface area contributed by atoms with Gasteiger partial charge in [0.25, 0.3) is 5.91 Å². The van der Waals surface area contributed by atoms with Gasteiger partial charge in [-0.25, -0.2) is 9.78 Å². The number of aromatic nitrogens is 3. The second kappa shape index (κ2) is 5.88. The van der Waals surface area contributed by atoms with Gasteiger partial charge < -0.3 is 14.8 Å². The minimum Gasteiger partial charge on any atom is -0.492 e. The molecule has 4 rings (SSSR count). The molecule has 3 heterocycles. The van der Waals surface area contributed by atoms with E-state index in [2.05, 4.69) is 34.1 Å². The monoisotopic (exact) mass is 383 g/mol. The van der Waals surface area contributed by atoms with Crippen LogP contribution in [0.1, 0.15) is 38.8 Å². The molecule has 9 heteroatoms. The quantitative estimate of drug-likeness (QED) is 0.812. The standard InChI is InChI=1S/C19H21N5O4/c1-10-6-7-11(12-13(10)27-8-18(12,2)3)28-16-21-9-20-15(22-16)24-14(25)19(4,5)23-17(24)26/h6-7,9H,8H2,1-5H3,(H,23,26). The summed E-state index contributed by atoms with van der Waals surface area (Å²) < 4.78 is 11.8. The number of nitrogens with zero attached hydrogens (tertiary/aromatic N) is 4. The summed E-state index contributed by atoms with van der Waals surface area (Å²) in [6.07, 6.45) is 1.21. The Morgan fingerprint density at radius 3 is 2.61 bits per heavy atom. The van der Waals surface area contributed by atoms with Crippen LogP contribution in [0.3, 0.4) is 0 Å². The number of aryl methyl sites for hydroxylation is 1. The fraction of sp³-hybridized carbons (Fsp3) is 0.421. The summed E-state index contributed by atoms with van der Waals surface area (Å²) in [4.78, 5) is 37.7. The molecule has 0 bridgehead atoms. The molecule has 28 heavy (non-hydrogen) atoms. The van der Waals surface area contributed by atoms with E-state index in [1.54, 1.807) is 13.8 Å². The van der Waals surface area contributed by atoms with Crippen molar-refractivity contribution in [2.75, 3.05) is 11.5 Å². The highest BCUT2D eigenvalue weighted by atomic mass is 16.5. The van der Waals surface area contributed by atoms with Gasteiger partial charge in [-0.2, -0.15) is 14.9 Å². The van der Waals surface area contributed by atoms with Crippen molar-refractivity contribution in [2.24, 2.45) is 0 Å². The summed E-state index contributed by atoms with van der Waals surface area (Å²) in [6.45, 7) is 9.89. The van der Waals surface area contributed by atoms with Gasteiger partial charge in [0.05, 0.1) is 6.61 Å². The largest absolute Gasteiger partial charge is 0.492 e. The number of carbonyl (C=O) groups excluding carboxylic acids is 2. The van der Waals surface area contributed by atoms with Crippen molar-refractivity contribution < 1.29 is 19.1 Å². The van der Waals surface area contributed by atoms with E-state index < -0.39 is 17.5 Å². The number of urea groups is 1. The number of fused-ring (bicyclic) bond motifs is 1. The van der Waals surface area contributed by atoms with E-state index in [-0.39, 0.29) is 17.4 Å². The van der Waals surface area contributed by atoms with Crippen LogP contribution in [0.5, 0.6) is 17.5 Å². The molecule has 2 aliphatic rings. The molecule has 3 amide bonds. The SMILES string of the molecule is Cc1ccc(Oc2ncnc(N3C(=O)NC(C)(C)C3=O)n2)c2c1OCC2(C)C. The zero-order valence-electron chi connectivity index (χ0n) is 16.4. The number of amides is 3. The zero-order chi connectivity index (χ0) is 20.3. The molecular weight excluding hydrogens is 362 g/mol.